The Morgan fingerprint density at radius 1 is 1.04 bits per heavy atom. The summed E-state index contributed by atoms with van der Waals surface area (Å²) >= 11 is 0. The normalized spacial score (nSPS) is 19.2. The van der Waals surface area contributed by atoms with Gasteiger partial charge in [0, 0.05) is 30.9 Å². The van der Waals surface area contributed by atoms with E-state index in [1.165, 1.54) is 18.3 Å². The standard InChI is InChI=1S/C20H23FN4O2/c1-22-20(27)25-17-8-6-16(7-9-17)24-19(26)14-5-10-18(23-12-14)13-3-2-4-15(21)11-13/h2-5,10-12,16-17H,6-9H2,1H3,(H,24,26)(H2,22,25,27)/t16-,17+. The summed E-state index contributed by atoms with van der Waals surface area (Å²) in [4.78, 5) is 28.1. The largest absolute Gasteiger partial charge is 0.349 e. The second-order valence-corrected chi connectivity index (χ2v) is 6.69. The van der Waals surface area contributed by atoms with Gasteiger partial charge in [0.2, 0.25) is 0 Å². The second-order valence-electron chi connectivity index (χ2n) is 6.69. The van der Waals surface area contributed by atoms with Crippen molar-refractivity contribution in [2.45, 2.75) is 37.8 Å². The van der Waals surface area contributed by atoms with Crippen molar-refractivity contribution >= 4 is 11.9 Å². The van der Waals surface area contributed by atoms with Crippen molar-refractivity contribution in [2.24, 2.45) is 0 Å². The molecule has 3 rings (SSSR count). The Bertz CT molecular complexity index is 802. The zero-order valence-electron chi connectivity index (χ0n) is 15.2. The van der Waals surface area contributed by atoms with E-state index in [9.17, 15) is 14.0 Å². The number of hydrogen-bond donors (Lipinski definition) is 3. The highest BCUT2D eigenvalue weighted by molar-refractivity contribution is 5.94. The van der Waals surface area contributed by atoms with Crippen LogP contribution in [-0.2, 0) is 0 Å². The Labute approximate surface area is 157 Å². The van der Waals surface area contributed by atoms with Crippen LogP contribution in [0.2, 0.25) is 0 Å². The maximum absolute atomic E-state index is 13.3. The summed E-state index contributed by atoms with van der Waals surface area (Å²) in [6, 6.07) is 9.66. The molecule has 1 saturated carbocycles. The summed E-state index contributed by atoms with van der Waals surface area (Å²) in [7, 11) is 1.59. The third-order valence-corrected chi connectivity index (χ3v) is 4.77. The first-order valence-electron chi connectivity index (χ1n) is 9.06. The van der Waals surface area contributed by atoms with Gasteiger partial charge in [-0.05, 0) is 49.9 Å². The average Bonchev–Trinajstić information content (AvgIpc) is 2.69. The molecule has 27 heavy (non-hydrogen) atoms. The molecule has 0 unspecified atom stereocenters. The second kappa shape index (κ2) is 8.62. The first-order chi connectivity index (χ1) is 13.0. The van der Waals surface area contributed by atoms with E-state index in [0.717, 1.165) is 25.7 Å². The summed E-state index contributed by atoms with van der Waals surface area (Å²) in [5.41, 5.74) is 1.76. The Morgan fingerprint density at radius 3 is 2.33 bits per heavy atom. The number of benzene rings is 1. The number of halogens is 1. The summed E-state index contributed by atoms with van der Waals surface area (Å²) < 4.78 is 13.3. The van der Waals surface area contributed by atoms with Crippen molar-refractivity contribution < 1.29 is 14.0 Å². The molecule has 1 fully saturated rings. The number of rotatable bonds is 4. The fourth-order valence-electron chi connectivity index (χ4n) is 3.26. The molecule has 3 N–H and O–H groups in total. The highest BCUT2D eigenvalue weighted by Crippen LogP contribution is 2.20. The molecule has 1 aliphatic rings. The van der Waals surface area contributed by atoms with Crippen molar-refractivity contribution in [3.8, 4) is 11.3 Å². The van der Waals surface area contributed by atoms with Crippen molar-refractivity contribution in [1.82, 2.24) is 20.9 Å². The fraction of sp³-hybridized carbons (Fsp3) is 0.350. The summed E-state index contributed by atoms with van der Waals surface area (Å²) in [5, 5.41) is 8.47. The number of aromatic nitrogens is 1. The van der Waals surface area contributed by atoms with Gasteiger partial charge in [-0.15, -0.1) is 0 Å². The fourth-order valence-corrected chi connectivity index (χ4v) is 3.26. The average molecular weight is 370 g/mol. The molecule has 1 aliphatic carbocycles. The number of hydrogen-bond acceptors (Lipinski definition) is 3. The zero-order valence-corrected chi connectivity index (χ0v) is 15.2. The maximum atomic E-state index is 13.3. The minimum absolute atomic E-state index is 0.0862. The topological polar surface area (TPSA) is 83.1 Å². The minimum Gasteiger partial charge on any atom is -0.349 e. The molecule has 142 valence electrons. The van der Waals surface area contributed by atoms with Crippen LogP contribution in [0.5, 0.6) is 0 Å². The van der Waals surface area contributed by atoms with Gasteiger partial charge in [0.1, 0.15) is 5.82 Å². The molecule has 6 nitrogen and oxygen atoms in total. The predicted octanol–water partition coefficient (Wildman–Crippen LogP) is 2.86. The number of amides is 3. The van der Waals surface area contributed by atoms with E-state index in [4.69, 9.17) is 0 Å². The molecule has 1 aromatic heterocycles. The van der Waals surface area contributed by atoms with Crippen LogP contribution in [0.15, 0.2) is 42.6 Å². The van der Waals surface area contributed by atoms with Gasteiger partial charge < -0.3 is 16.0 Å². The van der Waals surface area contributed by atoms with Crippen LogP contribution in [0, 0.1) is 5.82 Å². The molecule has 1 aromatic carbocycles. The van der Waals surface area contributed by atoms with Crippen LogP contribution in [-0.4, -0.2) is 36.1 Å². The third-order valence-electron chi connectivity index (χ3n) is 4.77. The Morgan fingerprint density at radius 2 is 1.74 bits per heavy atom. The van der Waals surface area contributed by atoms with Crippen LogP contribution in [0.3, 0.4) is 0 Å². The molecule has 0 spiro atoms. The van der Waals surface area contributed by atoms with Gasteiger partial charge in [-0.3, -0.25) is 9.78 Å². The lowest BCUT2D eigenvalue weighted by molar-refractivity contribution is 0.0924. The molecule has 7 heteroatoms. The lowest BCUT2D eigenvalue weighted by Crippen LogP contribution is -2.46. The Hall–Kier alpha value is -2.96. The van der Waals surface area contributed by atoms with Gasteiger partial charge in [0.25, 0.3) is 5.91 Å². The number of carbonyl (C=O) groups is 2. The molecule has 0 atom stereocenters. The molecule has 0 radical (unpaired) electrons. The van der Waals surface area contributed by atoms with E-state index in [-0.39, 0.29) is 29.8 Å². The van der Waals surface area contributed by atoms with Gasteiger partial charge in [-0.2, -0.15) is 0 Å². The number of pyridine rings is 1. The summed E-state index contributed by atoms with van der Waals surface area (Å²) in [5.74, 6) is -0.492. The van der Waals surface area contributed by atoms with Crippen LogP contribution >= 0.6 is 0 Å². The van der Waals surface area contributed by atoms with E-state index in [1.54, 1.807) is 31.3 Å². The zero-order chi connectivity index (χ0) is 19.2. The molecule has 0 bridgehead atoms. The molecule has 0 saturated heterocycles. The van der Waals surface area contributed by atoms with E-state index in [1.807, 2.05) is 0 Å². The van der Waals surface area contributed by atoms with Crippen LogP contribution in [0.4, 0.5) is 9.18 Å². The minimum atomic E-state index is -0.322. The molecular formula is C20H23FN4O2. The summed E-state index contributed by atoms with van der Waals surface area (Å²) in [6.07, 6.45) is 4.79. The van der Waals surface area contributed by atoms with Crippen molar-refractivity contribution in [1.29, 1.82) is 0 Å². The molecule has 2 aromatic rings. The monoisotopic (exact) mass is 370 g/mol. The van der Waals surface area contributed by atoms with Crippen molar-refractivity contribution in [2.75, 3.05) is 7.05 Å². The predicted molar refractivity (Wildman–Crippen MR) is 101 cm³/mol. The van der Waals surface area contributed by atoms with Gasteiger partial charge in [-0.1, -0.05) is 12.1 Å². The Kier molecular flexibility index (Phi) is 6.01. The van der Waals surface area contributed by atoms with Crippen LogP contribution in [0.1, 0.15) is 36.0 Å². The lowest BCUT2D eigenvalue weighted by Gasteiger charge is -2.29. The summed E-state index contributed by atoms with van der Waals surface area (Å²) in [6.45, 7) is 0. The molecule has 1 heterocycles. The van der Waals surface area contributed by atoms with Gasteiger partial charge in [0.15, 0.2) is 0 Å². The first-order valence-corrected chi connectivity index (χ1v) is 9.06. The van der Waals surface area contributed by atoms with Gasteiger partial charge in [0.05, 0.1) is 11.3 Å². The highest BCUT2D eigenvalue weighted by atomic mass is 19.1. The van der Waals surface area contributed by atoms with E-state index in [0.29, 0.717) is 16.8 Å². The quantitative estimate of drug-likeness (QED) is 0.774. The van der Waals surface area contributed by atoms with Crippen molar-refractivity contribution in [3.05, 3.63) is 54.0 Å². The third kappa shape index (κ3) is 5.03. The van der Waals surface area contributed by atoms with Gasteiger partial charge >= 0.3 is 6.03 Å². The van der Waals surface area contributed by atoms with Crippen molar-refractivity contribution in [3.63, 3.8) is 0 Å². The molecule has 0 aliphatic heterocycles. The number of urea groups is 1. The number of nitrogens with one attached hydrogen (secondary N) is 3. The van der Waals surface area contributed by atoms with Crippen LogP contribution < -0.4 is 16.0 Å². The molecular weight excluding hydrogens is 347 g/mol. The molecule has 3 amide bonds. The van der Waals surface area contributed by atoms with E-state index < -0.39 is 0 Å². The smallest absolute Gasteiger partial charge is 0.314 e. The Balaban J connectivity index is 1.54. The first kappa shape index (κ1) is 18.8. The SMILES string of the molecule is CNC(=O)N[C@H]1CC[C@@H](NC(=O)c2ccc(-c3cccc(F)c3)nc2)CC1. The maximum Gasteiger partial charge on any atom is 0.314 e. The van der Waals surface area contributed by atoms with E-state index >= 15 is 0 Å². The lowest BCUT2D eigenvalue weighted by atomic mass is 9.91. The van der Waals surface area contributed by atoms with E-state index in [2.05, 4.69) is 20.9 Å². The van der Waals surface area contributed by atoms with Crippen LogP contribution in [0.25, 0.3) is 11.3 Å². The van der Waals surface area contributed by atoms with Gasteiger partial charge in [-0.25, -0.2) is 9.18 Å². The number of nitrogens with zero attached hydrogens (tertiary/aromatic N) is 1. The highest BCUT2D eigenvalue weighted by Gasteiger charge is 2.23. The number of carbonyl (C=O) groups excluding carboxylic acids is 2.